The number of hydrogen-bond donors (Lipinski definition) is 4. The van der Waals surface area contributed by atoms with Gasteiger partial charge in [0, 0.05) is 36.1 Å². The summed E-state index contributed by atoms with van der Waals surface area (Å²) in [5, 5.41) is 22.0. The van der Waals surface area contributed by atoms with E-state index in [1.807, 2.05) is 35.6 Å². The summed E-state index contributed by atoms with van der Waals surface area (Å²) in [4.78, 5) is 23.9. The van der Waals surface area contributed by atoms with Gasteiger partial charge >= 0.3 is 0 Å². The largest absolute Gasteiger partial charge is 0.494 e. The van der Waals surface area contributed by atoms with Crippen LogP contribution >= 0.6 is 11.6 Å². The molecule has 0 bridgehead atoms. The molecule has 4 heterocycles. The predicted molar refractivity (Wildman–Crippen MR) is 188 cm³/mol. The molecule has 1 amide bonds. The molecule has 0 spiro atoms. The van der Waals surface area contributed by atoms with Gasteiger partial charge in [-0.2, -0.15) is 4.98 Å². The van der Waals surface area contributed by atoms with Crippen molar-refractivity contribution >= 4 is 61.3 Å². The molecule has 2 aliphatic rings. The van der Waals surface area contributed by atoms with E-state index < -0.39 is 15.1 Å². The number of likely N-dealkylation sites (tertiary alicyclic amines) is 1. The Morgan fingerprint density at radius 1 is 1.08 bits per heavy atom. The van der Waals surface area contributed by atoms with Gasteiger partial charge in [-0.05, 0) is 84.2 Å². The van der Waals surface area contributed by atoms with Crippen molar-refractivity contribution in [2.45, 2.75) is 81.7 Å². The van der Waals surface area contributed by atoms with Gasteiger partial charge in [-0.15, -0.1) is 0 Å². The second-order valence-corrected chi connectivity index (χ2v) is 15.8. The monoisotopic (exact) mass is 695 g/mol. The lowest BCUT2D eigenvalue weighted by molar-refractivity contribution is -0.134. The number of carbonyl (C=O) groups is 1. The van der Waals surface area contributed by atoms with Crippen LogP contribution in [0.25, 0.3) is 10.8 Å². The summed E-state index contributed by atoms with van der Waals surface area (Å²) in [6.45, 7) is 9.28. The number of aromatic hydroxyl groups is 1. The van der Waals surface area contributed by atoms with Gasteiger partial charge in [0.15, 0.2) is 21.5 Å². The highest BCUT2D eigenvalue weighted by Gasteiger charge is 2.31. The molecule has 2 aromatic heterocycles. The van der Waals surface area contributed by atoms with E-state index in [-0.39, 0.29) is 51.7 Å². The van der Waals surface area contributed by atoms with Gasteiger partial charge in [0.1, 0.15) is 10.8 Å². The van der Waals surface area contributed by atoms with E-state index in [1.165, 1.54) is 6.20 Å². The van der Waals surface area contributed by atoms with E-state index in [2.05, 4.69) is 25.9 Å². The number of benzene rings is 2. The van der Waals surface area contributed by atoms with Crippen LogP contribution in [-0.2, 0) is 14.6 Å². The smallest absolute Gasteiger partial charge is 0.239 e. The van der Waals surface area contributed by atoms with Crippen LogP contribution in [0.4, 0.5) is 23.1 Å². The summed E-state index contributed by atoms with van der Waals surface area (Å²) in [5.74, 6) is 1.25. The van der Waals surface area contributed by atoms with E-state index in [0.29, 0.717) is 35.6 Å². The fraction of sp³-hybridized carbons (Fsp3) is 0.441. The summed E-state index contributed by atoms with van der Waals surface area (Å²) >= 11 is 6.46. The van der Waals surface area contributed by atoms with Gasteiger partial charge < -0.3 is 35.3 Å². The fourth-order valence-electron chi connectivity index (χ4n) is 6.29. The highest BCUT2D eigenvalue weighted by molar-refractivity contribution is 7.92. The number of halogens is 1. The number of sulfone groups is 1. The highest BCUT2D eigenvalue weighted by atomic mass is 35.5. The van der Waals surface area contributed by atoms with Crippen molar-refractivity contribution in [2.75, 3.05) is 30.3 Å². The van der Waals surface area contributed by atoms with Crippen LogP contribution in [0.15, 0.2) is 53.7 Å². The lowest BCUT2D eigenvalue weighted by atomic mass is 10.0. The van der Waals surface area contributed by atoms with E-state index in [4.69, 9.17) is 16.3 Å². The number of anilines is 4. The molecule has 1 unspecified atom stereocenters. The first kappa shape index (κ1) is 33.8. The molecular weight excluding hydrogens is 654 g/mol. The molecule has 1 atom stereocenters. The summed E-state index contributed by atoms with van der Waals surface area (Å²) < 4.78 is 34.1. The molecule has 4 aromatic rings. The number of aromatic nitrogens is 3. The van der Waals surface area contributed by atoms with Crippen LogP contribution in [0.5, 0.6) is 11.6 Å². The van der Waals surface area contributed by atoms with Crippen LogP contribution in [0.1, 0.15) is 59.4 Å². The number of piperidine rings is 1. The number of hydrogen-bond acceptors (Lipinski definition) is 10. The van der Waals surface area contributed by atoms with Gasteiger partial charge in [0.05, 0.1) is 39.9 Å². The first-order valence-corrected chi connectivity index (χ1v) is 18.3. The molecule has 2 aromatic carbocycles. The van der Waals surface area contributed by atoms with Crippen molar-refractivity contribution in [2.24, 2.45) is 0 Å². The van der Waals surface area contributed by atoms with Gasteiger partial charge in [-0.1, -0.05) is 23.7 Å². The van der Waals surface area contributed by atoms with E-state index >= 15 is 0 Å². The molecule has 12 nitrogen and oxygen atoms in total. The second-order valence-electron chi connectivity index (χ2n) is 12.9. The number of amides is 1. The van der Waals surface area contributed by atoms with Crippen molar-refractivity contribution < 1.29 is 23.1 Å². The zero-order valence-corrected chi connectivity index (χ0v) is 29.1. The molecular formula is C34H42ClN7O5S. The minimum atomic E-state index is -3.58. The lowest BCUT2D eigenvalue weighted by Crippen LogP contribution is -2.47. The Morgan fingerprint density at radius 2 is 1.83 bits per heavy atom. The first-order chi connectivity index (χ1) is 22.9. The Balaban J connectivity index is 1.26. The van der Waals surface area contributed by atoms with Gasteiger partial charge in [-0.3, -0.25) is 4.79 Å². The first-order valence-electron chi connectivity index (χ1n) is 16.4. The maximum absolute atomic E-state index is 13.0. The quantitative estimate of drug-likeness (QED) is 0.152. The topological polar surface area (TPSA) is 151 Å². The molecule has 0 aliphatic carbocycles. The van der Waals surface area contributed by atoms with Gasteiger partial charge in [-0.25, -0.2) is 13.4 Å². The molecule has 0 saturated carbocycles. The molecule has 6 rings (SSSR count). The minimum Gasteiger partial charge on any atom is -0.494 e. The summed E-state index contributed by atoms with van der Waals surface area (Å²) in [5.41, 5.74) is 0.879. The number of nitrogens with one attached hydrogen (secondary N) is 3. The van der Waals surface area contributed by atoms with E-state index in [0.717, 1.165) is 37.6 Å². The van der Waals surface area contributed by atoms with Crippen molar-refractivity contribution in [1.29, 1.82) is 0 Å². The maximum atomic E-state index is 13.0. The third-order valence-electron chi connectivity index (χ3n) is 8.86. The Hall–Kier alpha value is -4.07. The van der Waals surface area contributed by atoms with Crippen molar-refractivity contribution in [3.05, 3.63) is 53.8 Å². The normalized spacial score (nSPS) is 17.4. The third kappa shape index (κ3) is 6.90. The van der Waals surface area contributed by atoms with Crippen molar-refractivity contribution in [3.63, 3.8) is 0 Å². The van der Waals surface area contributed by atoms with Crippen LogP contribution < -0.4 is 20.7 Å². The molecule has 2 fully saturated rings. The fourth-order valence-corrected chi connectivity index (χ4v) is 7.63. The Kier molecular flexibility index (Phi) is 9.73. The molecule has 2 aliphatic heterocycles. The number of rotatable bonds is 10. The van der Waals surface area contributed by atoms with E-state index in [9.17, 15) is 18.3 Å². The molecule has 4 N–H and O–H groups in total. The Bertz CT molecular complexity index is 1920. The zero-order chi connectivity index (χ0) is 34.2. The molecule has 48 heavy (non-hydrogen) atoms. The summed E-state index contributed by atoms with van der Waals surface area (Å²) in [6, 6.07) is 10.2. The average molecular weight is 696 g/mol. The second kappa shape index (κ2) is 13.8. The Morgan fingerprint density at radius 3 is 2.52 bits per heavy atom. The molecule has 14 heteroatoms. The number of carbonyl (C=O) groups excluding carboxylic acids is 1. The summed E-state index contributed by atoms with van der Waals surface area (Å²) in [6.07, 6.45) is 6.61. The summed E-state index contributed by atoms with van der Waals surface area (Å²) in [7, 11) is -3.58. The third-order valence-corrected chi connectivity index (χ3v) is 11.4. The SMILES string of the molecule is CC(C)Oc1cc2cn(C3CCN(C(=O)C4CCCN4)CC3)c(O)c2cc1Nc1ncc(Cl)c(Nc2ccccc2S(=O)(=O)C(C)C)n1. The molecule has 2 saturated heterocycles. The van der Waals surface area contributed by atoms with E-state index in [1.54, 1.807) is 44.2 Å². The zero-order valence-electron chi connectivity index (χ0n) is 27.5. The average Bonchev–Trinajstić information content (AvgIpc) is 3.71. The number of fused-ring (bicyclic) bond motifs is 1. The van der Waals surface area contributed by atoms with Crippen LogP contribution in [0, 0.1) is 0 Å². The van der Waals surface area contributed by atoms with Crippen molar-refractivity contribution in [1.82, 2.24) is 24.8 Å². The van der Waals surface area contributed by atoms with Crippen LogP contribution in [0.2, 0.25) is 5.02 Å². The lowest BCUT2D eigenvalue weighted by Gasteiger charge is -2.34. The van der Waals surface area contributed by atoms with Crippen LogP contribution in [0.3, 0.4) is 0 Å². The minimum absolute atomic E-state index is 0.0412. The molecule has 0 radical (unpaired) electrons. The predicted octanol–water partition coefficient (Wildman–Crippen LogP) is 6.16. The van der Waals surface area contributed by atoms with Crippen LogP contribution in [-0.4, -0.2) is 75.9 Å². The number of ether oxygens (including phenoxy) is 1. The van der Waals surface area contributed by atoms with Gasteiger partial charge in [0.25, 0.3) is 0 Å². The highest BCUT2D eigenvalue weighted by Crippen LogP contribution is 2.41. The number of para-hydroxylation sites is 1. The standard InChI is InChI=1S/C34H42ClN7O5S/c1-20(2)47-29-16-22-19-42(23-11-14-41(15-12-23)33(44)27-9-7-13-36-27)32(43)24(22)17-28(29)39-34-37-18-25(35)31(40-34)38-26-8-5-6-10-30(26)48(45,46)21(3)4/h5-6,8,10,16-21,23,27,36,43H,7,9,11-15H2,1-4H3,(H2,37,38,39,40). The van der Waals surface area contributed by atoms with Crippen molar-refractivity contribution in [3.8, 4) is 11.6 Å². The molecule has 256 valence electrons. The Labute approximate surface area is 285 Å². The number of nitrogens with zero attached hydrogens (tertiary/aromatic N) is 4. The maximum Gasteiger partial charge on any atom is 0.239 e. The van der Waals surface area contributed by atoms with Gasteiger partial charge in [0.2, 0.25) is 11.9 Å².